The molecule has 2 aliphatic heterocycles. The van der Waals surface area contributed by atoms with E-state index in [0.29, 0.717) is 41.1 Å². The van der Waals surface area contributed by atoms with Gasteiger partial charge in [0, 0.05) is 56.6 Å². The van der Waals surface area contributed by atoms with Crippen LogP contribution < -0.4 is 4.74 Å². The number of imidazole rings is 1. The fourth-order valence-corrected chi connectivity index (χ4v) is 9.32. The Hall–Kier alpha value is -4.15. The average Bonchev–Trinajstić information content (AvgIpc) is 3.75. The second-order valence-corrected chi connectivity index (χ2v) is 15.8. The van der Waals surface area contributed by atoms with Gasteiger partial charge in [0.2, 0.25) is 10.0 Å². The lowest BCUT2D eigenvalue weighted by molar-refractivity contribution is 0.0671. The van der Waals surface area contributed by atoms with Crippen molar-refractivity contribution >= 4 is 37.9 Å². The van der Waals surface area contributed by atoms with Crippen molar-refractivity contribution in [1.29, 1.82) is 0 Å². The van der Waals surface area contributed by atoms with E-state index in [4.69, 9.17) is 9.72 Å². The summed E-state index contributed by atoms with van der Waals surface area (Å²) < 4.78 is 38.6. The number of para-hydroxylation sites is 1. The van der Waals surface area contributed by atoms with E-state index in [9.17, 15) is 13.2 Å². The number of benzene rings is 3. The lowest BCUT2D eigenvalue weighted by Gasteiger charge is -2.38. The maximum absolute atomic E-state index is 13.7. The smallest absolute Gasteiger partial charge is 0.254 e. The molecule has 0 radical (unpaired) electrons. The van der Waals surface area contributed by atoms with Crippen LogP contribution in [0.25, 0.3) is 33.5 Å². The van der Waals surface area contributed by atoms with Crippen LogP contribution in [0, 0.1) is 11.8 Å². The predicted molar refractivity (Wildman–Crippen MR) is 188 cm³/mol. The molecule has 5 aromatic rings. The molecule has 0 spiro atoms. The van der Waals surface area contributed by atoms with Crippen molar-refractivity contribution in [1.82, 2.24) is 23.3 Å². The molecule has 1 saturated carbocycles. The van der Waals surface area contributed by atoms with Crippen molar-refractivity contribution < 1.29 is 17.9 Å². The third-order valence-corrected chi connectivity index (χ3v) is 12.6. The average molecular weight is 666 g/mol. The number of piperidine rings is 1. The summed E-state index contributed by atoms with van der Waals surface area (Å²) in [4.78, 5) is 21.2. The Morgan fingerprint density at radius 1 is 0.938 bits per heavy atom. The first-order chi connectivity index (χ1) is 23.3. The van der Waals surface area contributed by atoms with Gasteiger partial charge in [-0.15, -0.1) is 0 Å². The van der Waals surface area contributed by atoms with E-state index in [1.807, 2.05) is 30.1 Å². The number of aromatic nitrogens is 3. The van der Waals surface area contributed by atoms with Crippen LogP contribution in [0.3, 0.4) is 0 Å². The van der Waals surface area contributed by atoms with E-state index in [1.54, 1.807) is 35.7 Å². The SMILES string of the molecule is CC[C@@H]1CCCN(C(=O)c2cc(OC)c3c(c2)nc(-c2cc4cccc(C5CN(S(=O)(=O)c6ccccc6)C5)c4n2CC2CC2)n3C)C1. The van der Waals surface area contributed by atoms with Crippen LogP contribution in [0.5, 0.6) is 5.75 Å². The third-order valence-electron chi connectivity index (χ3n) is 10.8. The summed E-state index contributed by atoms with van der Waals surface area (Å²) in [5, 5.41) is 1.12. The van der Waals surface area contributed by atoms with Gasteiger partial charge < -0.3 is 18.8 Å². The van der Waals surface area contributed by atoms with Crippen molar-refractivity contribution in [3.8, 4) is 17.3 Å². The van der Waals surface area contributed by atoms with Crippen LogP contribution in [-0.2, 0) is 23.6 Å². The minimum Gasteiger partial charge on any atom is -0.494 e. The molecule has 3 aromatic carbocycles. The van der Waals surface area contributed by atoms with Crippen molar-refractivity contribution in [2.24, 2.45) is 18.9 Å². The minimum absolute atomic E-state index is 0.0388. The Labute approximate surface area is 282 Å². The molecule has 9 nitrogen and oxygen atoms in total. The van der Waals surface area contributed by atoms with Gasteiger partial charge >= 0.3 is 0 Å². The lowest BCUT2D eigenvalue weighted by atomic mass is 9.92. The molecule has 3 aliphatic rings. The number of carbonyl (C=O) groups is 1. The highest BCUT2D eigenvalue weighted by molar-refractivity contribution is 7.89. The first kappa shape index (κ1) is 31.1. The van der Waals surface area contributed by atoms with Gasteiger partial charge in [0.05, 0.1) is 28.7 Å². The zero-order valence-corrected chi connectivity index (χ0v) is 28.7. The van der Waals surface area contributed by atoms with Crippen LogP contribution in [0.4, 0.5) is 0 Å². The normalized spacial score (nSPS) is 19.2. The van der Waals surface area contributed by atoms with Gasteiger partial charge in [-0.05, 0) is 73.4 Å². The van der Waals surface area contributed by atoms with Crippen molar-refractivity contribution in [3.63, 3.8) is 0 Å². The maximum Gasteiger partial charge on any atom is 0.254 e. The fraction of sp³-hybridized carbons (Fsp3) is 0.421. The Morgan fingerprint density at radius 2 is 1.73 bits per heavy atom. The number of amides is 1. The Morgan fingerprint density at radius 3 is 2.46 bits per heavy atom. The number of carbonyl (C=O) groups excluding carboxylic acids is 1. The molecule has 2 aromatic heterocycles. The Bertz CT molecular complexity index is 2130. The van der Waals surface area contributed by atoms with Gasteiger partial charge in [-0.2, -0.15) is 4.31 Å². The highest BCUT2D eigenvalue weighted by Crippen LogP contribution is 2.42. The van der Waals surface area contributed by atoms with Gasteiger partial charge in [-0.3, -0.25) is 4.79 Å². The molecule has 4 heterocycles. The summed E-state index contributed by atoms with van der Waals surface area (Å²) >= 11 is 0. The summed E-state index contributed by atoms with van der Waals surface area (Å²) in [6.45, 7) is 5.57. The van der Waals surface area contributed by atoms with Gasteiger partial charge in [-0.25, -0.2) is 13.4 Å². The molecular weight excluding hydrogens is 623 g/mol. The molecule has 48 heavy (non-hydrogen) atoms. The van der Waals surface area contributed by atoms with E-state index in [0.717, 1.165) is 65.9 Å². The van der Waals surface area contributed by atoms with E-state index in [-0.39, 0.29) is 11.8 Å². The molecule has 0 bridgehead atoms. The molecule has 0 N–H and O–H groups in total. The number of hydrogen-bond donors (Lipinski definition) is 0. The molecular formula is C38H43N5O4S. The first-order valence-electron chi connectivity index (χ1n) is 17.3. The summed E-state index contributed by atoms with van der Waals surface area (Å²) in [7, 11) is 0.143. The largest absolute Gasteiger partial charge is 0.494 e. The maximum atomic E-state index is 13.7. The predicted octanol–water partition coefficient (Wildman–Crippen LogP) is 6.66. The van der Waals surface area contributed by atoms with Crippen LogP contribution in [-0.4, -0.2) is 70.9 Å². The number of fused-ring (bicyclic) bond motifs is 2. The third kappa shape index (κ3) is 5.29. The van der Waals surface area contributed by atoms with Gasteiger partial charge in [0.1, 0.15) is 11.3 Å². The topological polar surface area (TPSA) is 89.7 Å². The fourth-order valence-electron chi connectivity index (χ4n) is 7.77. The van der Waals surface area contributed by atoms with E-state index in [2.05, 4.69) is 40.3 Å². The number of methoxy groups -OCH3 is 1. The number of ether oxygens (including phenoxy) is 1. The van der Waals surface area contributed by atoms with Crippen LogP contribution >= 0.6 is 0 Å². The monoisotopic (exact) mass is 665 g/mol. The number of likely N-dealkylation sites (tertiary alicyclic amines) is 1. The van der Waals surface area contributed by atoms with Crippen molar-refractivity contribution in [3.05, 3.63) is 77.9 Å². The zero-order valence-electron chi connectivity index (χ0n) is 27.9. The highest BCUT2D eigenvalue weighted by atomic mass is 32.2. The van der Waals surface area contributed by atoms with E-state index >= 15 is 0 Å². The molecule has 3 fully saturated rings. The molecule has 1 aliphatic carbocycles. The molecule has 1 atom stereocenters. The van der Waals surface area contributed by atoms with Crippen molar-refractivity contribution in [2.75, 3.05) is 33.3 Å². The Balaban J connectivity index is 1.18. The standard InChI is InChI=1S/C38H43N5O4S/c1-4-25-10-9-17-41(21-25)38(44)28-18-32-36(34(20-28)47-3)40(2)37(39-32)33-19-27-11-8-14-31(35(27)43(33)22-26-15-16-26)29-23-42(24-29)48(45,46)30-12-6-5-7-13-30/h5-8,11-14,18-20,25-26,29H,4,9-10,15-17,21-24H2,1-3H3/t25-/m1/s1. The molecule has 10 heteroatoms. The number of sulfonamides is 1. The number of hydrogen-bond acceptors (Lipinski definition) is 5. The summed E-state index contributed by atoms with van der Waals surface area (Å²) in [5.41, 5.74) is 5.57. The first-order valence-corrected chi connectivity index (χ1v) is 18.7. The second kappa shape index (κ2) is 12.1. The summed E-state index contributed by atoms with van der Waals surface area (Å²) in [5.74, 6) is 2.75. The van der Waals surface area contributed by atoms with Crippen molar-refractivity contribution in [2.45, 2.75) is 56.4 Å². The number of nitrogens with zero attached hydrogens (tertiary/aromatic N) is 5. The van der Waals surface area contributed by atoms with Gasteiger partial charge in [0.25, 0.3) is 5.91 Å². The lowest BCUT2D eigenvalue weighted by Crippen LogP contribution is -2.48. The van der Waals surface area contributed by atoms with Crippen LogP contribution in [0.15, 0.2) is 71.6 Å². The van der Waals surface area contributed by atoms with E-state index in [1.165, 1.54) is 24.8 Å². The van der Waals surface area contributed by atoms with E-state index < -0.39 is 10.0 Å². The molecule has 0 unspecified atom stereocenters. The summed E-state index contributed by atoms with van der Waals surface area (Å²) in [6.07, 6.45) is 5.69. The van der Waals surface area contributed by atoms with Gasteiger partial charge in [0.15, 0.2) is 5.82 Å². The molecule has 2 saturated heterocycles. The minimum atomic E-state index is -3.53. The number of aryl methyl sites for hydroxylation is 1. The summed E-state index contributed by atoms with van der Waals surface area (Å²) in [6, 6.07) is 21.1. The van der Waals surface area contributed by atoms with Crippen LogP contribution in [0.2, 0.25) is 0 Å². The highest BCUT2D eigenvalue weighted by Gasteiger charge is 2.39. The van der Waals surface area contributed by atoms with Gasteiger partial charge in [-0.1, -0.05) is 49.7 Å². The number of rotatable bonds is 9. The molecule has 1 amide bonds. The van der Waals surface area contributed by atoms with Crippen LogP contribution in [0.1, 0.15) is 60.9 Å². The quantitative estimate of drug-likeness (QED) is 0.176. The molecule has 250 valence electrons. The Kier molecular flexibility index (Phi) is 7.83. The second-order valence-electron chi connectivity index (χ2n) is 13.9. The molecule has 8 rings (SSSR count). The zero-order chi connectivity index (χ0) is 33.2.